The van der Waals surface area contributed by atoms with Crippen LogP contribution in [0.25, 0.3) is 11.1 Å². The van der Waals surface area contributed by atoms with Crippen molar-refractivity contribution in [2.75, 3.05) is 13.2 Å². The highest BCUT2D eigenvalue weighted by Gasteiger charge is 2.28. The standard InChI is InChI=1S/C26H22FNO2/c1-18-14-19(16-20(27)15-18)8-6-7-13-28-26(29)30-17-25-23-11-4-2-9-21(23)22-10-3-5-12-24(22)25/h2-5,9-12,14-16,25H,7,13,17H2,1H3,(H,28,29). The van der Waals surface area contributed by atoms with E-state index in [0.717, 1.165) is 5.56 Å². The zero-order valence-corrected chi connectivity index (χ0v) is 16.7. The van der Waals surface area contributed by atoms with Crippen molar-refractivity contribution in [1.29, 1.82) is 0 Å². The first-order valence-corrected chi connectivity index (χ1v) is 9.97. The lowest BCUT2D eigenvalue weighted by Gasteiger charge is -2.14. The average Bonchev–Trinajstić information content (AvgIpc) is 3.05. The molecule has 0 unspecified atom stereocenters. The van der Waals surface area contributed by atoms with E-state index in [9.17, 15) is 9.18 Å². The highest BCUT2D eigenvalue weighted by atomic mass is 19.1. The van der Waals surface area contributed by atoms with Gasteiger partial charge < -0.3 is 10.1 Å². The molecule has 1 amide bonds. The summed E-state index contributed by atoms with van der Waals surface area (Å²) in [5, 5.41) is 2.73. The fourth-order valence-corrected chi connectivity index (χ4v) is 3.85. The summed E-state index contributed by atoms with van der Waals surface area (Å²) in [5.74, 6) is 5.61. The molecule has 150 valence electrons. The van der Waals surface area contributed by atoms with Gasteiger partial charge in [0.05, 0.1) is 0 Å². The van der Waals surface area contributed by atoms with Crippen molar-refractivity contribution in [3.63, 3.8) is 0 Å². The molecule has 4 heteroatoms. The number of carbonyl (C=O) groups excluding carboxylic acids is 1. The van der Waals surface area contributed by atoms with Crippen LogP contribution in [0.4, 0.5) is 9.18 Å². The number of carbonyl (C=O) groups is 1. The van der Waals surface area contributed by atoms with Crippen LogP contribution >= 0.6 is 0 Å². The third-order valence-corrected chi connectivity index (χ3v) is 5.14. The van der Waals surface area contributed by atoms with Crippen LogP contribution in [0.5, 0.6) is 0 Å². The Morgan fingerprint density at radius 2 is 1.70 bits per heavy atom. The lowest BCUT2D eigenvalue weighted by atomic mass is 9.98. The molecular weight excluding hydrogens is 377 g/mol. The van der Waals surface area contributed by atoms with Gasteiger partial charge in [0.1, 0.15) is 12.4 Å². The number of aryl methyl sites for hydroxylation is 1. The molecule has 0 spiro atoms. The number of amides is 1. The summed E-state index contributed by atoms with van der Waals surface area (Å²) in [4.78, 5) is 12.1. The van der Waals surface area contributed by atoms with Crippen LogP contribution in [0.15, 0.2) is 66.7 Å². The Morgan fingerprint density at radius 3 is 2.37 bits per heavy atom. The molecule has 0 saturated carbocycles. The van der Waals surface area contributed by atoms with Gasteiger partial charge >= 0.3 is 6.09 Å². The minimum atomic E-state index is -0.458. The zero-order chi connectivity index (χ0) is 20.9. The van der Waals surface area contributed by atoms with E-state index in [2.05, 4.69) is 41.4 Å². The Hall–Kier alpha value is -3.58. The van der Waals surface area contributed by atoms with Crippen LogP contribution in [0.3, 0.4) is 0 Å². The molecule has 0 aliphatic heterocycles. The van der Waals surface area contributed by atoms with E-state index >= 15 is 0 Å². The number of nitrogens with one attached hydrogen (secondary N) is 1. The number of ether oxygens (including phenoxy) is 1. The van der Waals surface area contributed by atoms with E-state index in [0.29, 0.717) is 18.5 Å². The van der Waals surface area contributed by atoms with E-state index in [1.807, 2.05) is 37.3 Å². The van der Waals surface area contributed by atoms with Gasteiger partial charge in [0.2, 0.25) is 0 Å². The molecular formula is C26H22FNO2. The largest absolute Gasteiger partial charge is 0.449 e. The summed E-state index contributed by atoms with van der Waals surface area (Å²) in [6.07, 6.45) is 0.00000111. The summed E-state index contributed by atoms with van der Waals surface area (Å²) in [7, 11) is 0. The molecule has 0 atom stereocenters. The summed E-state index contributed by atoms with van der Waals surface area (Å²) in [5.41, 5.74) is 6.23. The fraction of sp³-hybridized carbons (Fsp3) is 0.192. The first kappa shape index (κ1) is 19.7. The Labute approximate surface area is 175 Å². The van der Waals surface area contributed by atoms with Gasteiger partial charge in [-0.1, -0.05) is 60.4 Å². The Bertz CT molecular complexity index is 1080. The Balaban J connectivity index is 1.29. The molecule has 0 saturated heterocycles. The summed E-state index contributed by atoms with van der Waals surface area (Å²) in [6.45, 7) is 2.49. The maximum absolute atomic E-state index is 13.4. The molecule has 1 aliphatic carbocycles. The van der Waals surface area contributed by atoms with Crippen molar-refractivity contribution in [2.24, 2.45) is 0 Å². The lowest BCUT2D eigenvalue weighted by molar-refractivity contribution is 0.143. The van der Waals surface area contributed by atoms with E-state index < -0.39 is 6.09 Å². The van der Waals surface area contributed by atoms with Crippen molar-refractivity contribution >= 4 is 6.09 Å². The van der Waals surface area contributed by atoms with Gasteiger partial charge in [-0.05, 0) is 52.9 Å². The number of alkyl carbamates (subject to hydrolysis) is 1. The molecule has 30 heavy (non-hydrogen) atoms. The van der Waals surface area contributed by atoms with E-state index in [1.165, 1.54) is 34.4 Å². The van der Waals surface area contributed by atoms with Crippen molar-refractivity contribution in [2.45, 2.75) is 19.3 Å². The summed E-state index contributed by atoms with van der Waals surface area (Å²) >= 11 is 0. The molecule has 3 aromatic rings. The first-order chi connectivity index (χ1) is 14.6. The van der Waals surface area contributed by atoms with Crippen LogP contribution in [-0.2, 0) is 4.74 Å². The number of hydrogen-bond donors (Lipinski definition) is 1. The number of benzene rings is 3. The topological polar surface area (TPSA) is 38.3 Å². The molecule has 1 aliphatic rings. The molecule has 0 radical (unpaired) electrons. The molecule has 0 bridgehead atoms. The third-order valence-electron chi connectivity index (χ3n) is 5.14. The Morgan fingerprint density at radius 1 is 1.03 bits per heavy atom. The normalized spacial score (nSPS) is 11.8. The zero-order valence-electron chi connectivity index (χ0n) is 16.7. The minimum Gasteiger partial charge on any atom is -0.449 e. The summed E-state index contributed by atoms with van der Waals surface area (Å²) < 4.78 is 18.9. The molecule has 4 rings (SSSR count). The van der Waals surface area contributed by atoms with Gasteiger partial charge in [-0.2, -0.15) is 0 Å². The quantitative estimate of drug-likeness (QED) is 0.470. The van der Waals surface area contributed by atoms with Crippen molar-refractivity contribution in [3.8, 4) is 23.0 Å². The van der Waals surface area contributed by atoms with Crippen LogP contribution in [0.2, 0.25) is 0 Å². The van der Waals surface area contributed by atoms with E-state index in [-0.39, 0.29) is 18.3 Å². The van der Waals surface area contributed by atoms with Crippen molar-refractivity contribution in [3.05, 3.63) is 94.8 Å². The SMILES string of the molecule is Cc1cc(F)cc(C#CCCNC(=O)OCC2c3ccccc3-c3ccccc32)c1. The van der Waals surface area contributed by atoms with Crippen LogP contribution < -0.4 is 5.32 Å². The molecule has 0 heterocycles. The van der Waals surface area contributed by atoms with Crippen LogP contribution in [-0.4, -0.2) is 19.2 Å². The predicted octanol–water partition coefficient (Wildman–Crippen LogP) is 5.41. The predicted molar refractivity (Wildman–Crippen MR) is 116 cm³/mol. The highest BCUT2D eigenvalue weighted by Crippen LogP contribution is 2.44. The average molecular weight is 399 g/mol. The Kier molecular flexibility index (Phi) is 5.81. The lowest BCUT2D eigenvalue weighted by Crippen LogP contribution is -2.26. The van der Waals surface area contributed by atoms with Gasteiger partial charge in [-0.25, -0.2) is 9.18 Å². The second-order valence-corrected chi connectivity index (χ2v) is 7.32. The monoisotopic (exact) mass is 399 g/mol. The van der Waals surface area contributed by atoms with Gasteiger partial charge in [-0.3, -0.25) is 0 Å². The van der Waals surface area contributed by atoms with Crippen LogP contribution in [0.1, 0.15) is 34.6 Å². The maximum atomic E-state index is 13.4. The maximum Gasteiger partial charge on any atom is 0.407 e. The smallest absolute Gasteiger partial charge is 0.407 e. The number of rotatable bonds is 4. The minimum absolute atomic E-state index is 0.0409. The van der Waals surface area contributed by atoms with Gasteiger partial charge in [0, 0.05) is 24.4 Å². The van der Waals surface area contributed by atoms with Gasteiger partial charge in [0.15, 0.2) is 0 Å². The molecule has 3 aromatic carbocycles. The third kappa shape index (κ3) is 4.36. The second kappa shape index (κ2) is 8.84. The summed E-state index contributed by atoms with van der Waals surface area (Å²) in [6, 6.07) is 21.1. The van der Waals surface area contributed by atoms with Crippen molar-refractivity contribution in [1.82, 2.24) is 5.32 Å². The first-order valence-electron chi connectivity index (χ1n) is 9.97. The fourth-order valence-electron chi connectivity index (χ4n) is 3.85. The van der Waals surface area contributed by atoms with Gasteiger partial charge in [-0.15, -0.1) is 0 Å². The molecule has 0 aromatic heterocycles. The molecule has 3 nitrogen and oxygen atoms in total. The number of fused-ring (bicyclic) bond motifs is 3. The number of hydrogen-bond acceptors (Lipinski definition) is 2. The molecule has 1 N–H and O–H groups in total. The van der Waals surface area contributed by atoms with Crippen LogP contribution in [0, 0.1) is 24.6 Å². The number of halogens is 1. The van der Waals surface area contributed by atoms with Crippen molar-refractivity contribution < 1.29 is 13.9 Å². The highest BCUT2D eigenvalue weighted by molar-refractivity contribution is 5.79. The molecule has 0 fully saturated rings. The van der Waals surface area contributed by atoms with E-state index in [4.69, 9.17) is 4.74 Å². The second-order valence-electron chi connectivity index (χ2n) is 7.32. The van der Waals surface area contributed by atoms with Gasteiger partial charge in [0.25, 0.3) is 0 Å². The van der Waals surface area contributed by atoms with E-state index in [1.54, 1.807) is 0 Å².